The number of hydrogen-bond donors (Lipinski definition) is 0. The van der Waals surface area contributed by atoms with E-state index >= 15 is 0 Å². The van der Waals surface area contributed by atoms with Crippen LogP contribution in [0, 0.1) is 0 Å². The zero-order valence-corrected chi connectivity index (χ0v) is 10.3. The first-order valence-corrected chi connectivity index (χ1v) is 5.74. The molecular weight excluding hydrogens is 227 g/mol. The van der Waals surface area contributed by atoms with Crippen LogP contribution >= 0.6 is 0 Å². The first-order valence-electron chi connectivity index (χ1n) is 5.74. The van der Waals surface area contributed by atoms with E-state index in [9.17, 15) is 4.39 Å². The molecule has 2 rings (SSSR count). The first kappa shape index (κ1) is 12.4. The topological polar surface area (TPSA) is 9.23 Å². The number of hydrogen-bond acceptors (Lipinski definition) is 1. The molecule has 92 valence electrons. The van der Waals surface area contributed by atoms with Gasteiger partial charge in [-0.2, -0.15) is 0 Å². The van der Waals surface area contributed by atoms with Crippen LogP contribution in [0.4, 0.5) is 4.39 Å². The Labute approximate surface area is 107 Å². The van der Waals surface area contributed by atoms with Gasteiger partial charge in [-0.1, -0.05) is 49.0 Å². The summed E-state index contributed by atoms with van der Waals surface area (Å²) in [7, 11) is 1.60. The average molecular weight is 242 g/mol. The van der Waals surface area contributed by atoms with Crippen molar-refractivity contribution in [2.75, 3.05) is 7.11 Å². The number of halogens is 1. The quantitative estimate of drug-likeness (QED) is 0.771. The second kappa shape index (κ2) is 5.50. The van der Waals surface area contributed by atoms with Gasteiger partial charge in [0, 0.05) is 0 Å². The maximum atomic E-state index is 14.3. The molecule has 0 radical (unpaired) electrons. The van der Waals surface area contributed by atoms with Gasteiger partial charge in [0.2, 0.25) is 0 Å². The minimum absolute atomic E-state index is 0.462. The Kier molecular flexibility index (Phi) is 3.78. The molecule has 2 heteroatoms. The summed E-state index contributed by atoms with van der Waals surface area (Å²) in [6.07, 6.45) is -1.18. The van der Waals surface area contributed by atoms with E-state index < -0.39 is 6.17 Å². The number of methoxy groups -OCH3 is 1. The summed E-state index contributed by atoms with van der Waals surface area (Å²) in [5.74, 6) is 0.752. The largest absolute Gasteiger partial charge is 0.497 e. The number of benzene rings is 2. The number of allylic oxidation sites excluding steroid dienone is 1. The predicted octanol–water partition coefficient (Wildman–Crippen LogP) is 4.42. The summed E-state index contributed by atoms with van der Waals surface area (Å²) in [5.41, 5.74) is 1.87. The molecule has 0 amide bonds. The normalized spacial score (nSPS) is 11.9. The molecule has 1 unspecified atom stereocenters. The van der Waals surface area contributed by atoms with Gasteiger partial charge in [-0.3, -0.25) is 0 Å². The summed E-state index contributed by atoms with van der Waals surface area (Å²) in [6, 6.07) is 16.3. The van der Waals surface area contributed by atoms with E-state index in [-0.39, 0.29) is 0 Å². The summed E-state index contributed by atoms with van der Waals surface area (Å²) in [6.45, 7) is 3.84. The van der Waals surface area contributed by atoms with Gasteiger partial charge in [-0.05, 0) is 28.8 Å². The fourth-order valence-electron chi connectivity index (χ4n) is 1.77. The van der Waals surface area contributed by atoms with Crippen molar-refractivity contribution in [1.82, 2.24) is 0 Å². The standard InChI is InChI=1S/C16H15FO/c1-12(13-8-10-15(18-2)11-9-13)16(17)14-6-4-3-5-7-14/h3-11,16H,1H2,2H3. The Morgan fingerprint density at radius 1 is 1.06 bits per heavy atom. The predicted molar refractivity (Wildman–Crippen MR) is 72.3 cm³/mol. The Hall–Kier alpha value is -2.09. The van der Waals surface area contributed by atoms with Crippen LogP contribution in [0.5, 0.6) is 5.75 Å². The molecule has 18 heavy (non-hydrogen) atoms. The van der Waals surface area contributed by atoms with E-state index in [1.807, 2.05) is 30.3 Å². The van der Waals surface area contributed by atoms with Gasteiger partial charge < -0.3 is 4.74 Å². The highest BCUT2D eigenvalue weighted by atomic mass is 19.1. The third kappa shape index (κ3) is 2.59. The number of alkyl halides is 1. The Bertz CT molecular complexity index is 517. The Morgan fingerprint density at radius 3 is 2.22 bits per heavy atom. The molecule has 0 heterocycles. The second-order valence-electron chi connectivity index (χ2n) is 4.03. The molecule has 0 aliphatic carbocycles. The molecule has 0 aliphatic rings. The van der Waals surface area contributed by atoms with Crippen LogP contribution in [0.15, 0.2) is 61.2 Å². The van der Waals surface area contributed by atoms with Crippen LogP contribution in [0.2, 0.25) is 0 Å². The highest BCUT2D eigenvalue weighted by Gasteiger charge is 2.14. The van der Waals surface area contributed by atoms with Crippen molar-refractivity contribution in [3.63, 3.8) is 0 Å². The van der Waals surface area contributed by atoms with Crippen molar-refractivity contribution in [3.05, 3.63) is 72.3 Å². The molecule has 0 fully saturated rings. The van der Waals surface area contributed by atoms with Gasteiger partial charge in [0.15, 0.2) is 6.17 Å². The van der Waals surface area contributed by atoms with Crippen LogP contribution in [0.25, 0.3) is 5.57 Å². The van der Waals surface area contributed by atoms with Crippen LogP contribution in [-0.2, 0) is 0 Å². The Balaban J connectivity index is 2.20. The van der Waals surface area contributed by atoms with Gasteiger partial charge in [0.25, 0.3) is 0 Å². The molecule has 0 saturated heterocycles. The van der Waals surface area contributed by atoms with Crippen molar-refractivity contribution in [1.29, 1.82) is 0 Å². The third-order valence-electron chi connectivity index (χ3n) is 2.86. The fraction of sp³-hybridized carbons (Fsp3) is 0.125. The zero-order chi connectivity index (χ0) is 13.0. The SMILES string of the molecule is C=C(c1ccc(OC)cc1)C(F)c1ccccc1. The fourth-order valence-corrected chi connectivity index (χ4v) is 1.77. The lowest BCUT2D eigenvalue weighted by Gasteiger charge is -2.12. The summed E-state index contributed by atoms with van der Waals surface area (Å²) in [4.78, 5) is 0. The van der Waals surface area contributed by atoms with Gasteiger partial charge in [0.05, 0.1) is 7.11 Å². The molecule has 0 aliphatic heterocycles. The average Bonchev–Trinajstić information content (AvgIpc) is 2.47. The molecule has 0 N–H and O–H groups in total. The second-order valence-corrected chi connectivity index (χ2v) is 4.03. The molecule has 0 saturated carbocycles. The van der Waals surface area contributed by atoms with Crippen LogP contribution < -0.4 is 4.74 Å². The molecule has 1 nitrogen and oxygen atoms in total. The van der Waals surface area contributed by atoms with Gasteiger partial charge in [0.1, 0.15) is 5.75 Å². The van der Waals surface area contributed by atoms with E-state index in [4.69, 9.17) is 4.74 Å². The van der Waals surface area contributed by atoms with Crippen molar-refractivity contribution in [2.45, 2.75) is 6.17 Å². The monoisotopic (exact) mass is 242 g/mol. The maximum absolute atomic E-state index is 14.3. The van der Waals surface area contributed by atoms with Crippen LogP contribution in [0.1, 0.15) is 17.3 Å². The molecule has 0 bridgehead atoms. The van der Waals surface area contributed by atoms with Crippen molar-refractivity contribution in [3.8, 4) is 5.75 Å². The maximum Gasteiger partial charge on any atom is 0.150 e. The van der Waals surface area contributed by atoms with Crippen molar-refractivity contribution >= 4 is 5.57 Å². The summed E-state index contributed by atoms with van der Waals surface area (Å²) in [5, 5.41) is 0. The van der Waals surface area contributed by atoms with Crippen LogP contribution in [-0.4, -0.2) is 7.11 Å². The van der Waals surface area contributed by atoms with Gasteiger partial charge in [-0.25, -0.2) is 4.39 Å². The van der Waals surface area contributed by atoms with E-state index in [2.05, 4.69) is 6.58 Å². The minimum Gasteiger partial charge on any atom is -0.497 e. The van der Waals surface area contributed by atoms with Crippen molar-refractivity contribution in [2.24, 2.45) is 0 Å². The molecule has 2 aromatic carbocycles. The zero-order valence-electron chi connectivity index (χ0n) is 10.3. The van der Waals surface area contributed by atoms with Gasteiger partial charge >= 0.3 is 0 Å². The van der Waals surface area contributed by atoms with Crippen molar-refractivity contribution < 1.29 is 9.13 Å². The van der Waals surface area contributed by atoms with E-state index in [1.54, 1.807) is 31.4 Å². The smallest absolute Gasteiger partial charge is 0.150 e. The molecule has 0 aromatic heterocycles. The summed E-state index contributed by atoms with van der Waals surface area (Å²) >= 11 is 0. The highest BCUT2D eigenvalue weighted by Crippen LogP contribution is 2.32. The summed E-state index contributed by atoms with van der Waals surface area (Å²) < 4.78 is 19.3. The molecular formula is C16H15FO. The lowest BCUT2D eigenvalue weighted by Crippen LogP contribution is -1.95. The molecule has 1 atom stereocenters. The van der Waals surface area contributed by atoms with E-state index in [0.717, 1.165) is 11.3 Å². The minimum atomic E-state index is -1.18. The van der Waals surface area contributed by atoms with E-state index in [0.29, 0.717) is 11.1 Å². The molecule has 0 spiro atoms. The highest BCUT2D eigenvalue weighted by molar-refractivity contribution is 5.68. The van der Waals surface area contributed by atoms with Crippen LogP contribution in [0.3, 0.4) is 0 Å². The lowest BCUT2D eigenvalue weighted by molar-refractivity contribution is 0.414. The number of rotatable bonds is 4. The lowest BCUT2D eigenvalue weighted by atomic mass is 9.98. The third-order valence-corrected chi connectivity index (χ3v) is 2.86. The Morgan fingerprint density at radius 2 is 1.67 bits per heavy atom. The van der Waals surface area contributed by atoms with Gasteiger partial charge in [-0.15, -0.1) is 0 Å². The molecule has 2 aromatic rings. The first-order chi connectivity index (χ1) is 8.72. The number of ether oxygens (including phenoxy) is 1. The van der Waals surface area contributed by atoms with E-state index in [1.165, 1.54) is 0 Å².